The lowest BCUT2D eigenvalue weighted by Crippen LogP contribution is -2.14. The summed E-state index contributed by atoms with van der Waals surface area (Å²) >= 11 is 3.88. The van der Waals surface area contributed by atoms with Gasteiger partial charge < -0.3 is 0 Å². The maximum Gasteiger partial charge on any atom is 0.0188 e. The van der Waals surface area contributed by atoms with Crippen LogP contribution in [0.2, 0.25) is 0 Å². The van der Waals surface area contributed by atoms with E-state index in [0.717, 1.165) is 5.92 Å². The van der Waals surface area contributed by atoms with Gasteiger partial charge >= 0.3 is 0 Å². The fraction of sp³-hybridized carbons (Fsp3) is 0.625. The SMILES string of the molecule is Cc1ccccc1CC(Br)CC1CCCCC1. The number of halogens is 1. The van der Waals surface area contributed by atoms with E-state index >= 15 is 0 Å². The van der Waals surface area contributed by atoms with Crippen molar-refractivity contribution in [3.05, 3.63) is 35.4 Å². The van der Waals surface area contributed by atoms with Crippen LogP contribution in [-0.2, 0) is 6.42 Å². The Labute approximate surface area is 114 Å². The third-order valence-electron chi connectivity index (χ3n) is 4.02. The lowest BCUT2D eigenvalue weighted by Gasteiger charge is -2.24. The minimum Gasteiger partial charge on any atom is -0.0887 e. The standard InChI is InChI=1S/C16H23Br/c1-13-7-5-6-10-15(13)12-16(17)11-14-8-3-2-4-9-14/h5-7,10,14,16H,2-4,8-9,11-12H2,1H3. The van der Waals surface area contributed by atoms with Gasteiger partial charge in [0.05, 0.1) is 0 Å². The van der Waals surface area contributed by atoms with Gasteiger partial charge in [0.1, 0.15) is 0 Å². The molecular weight excluding hydrogens is 272 g/mol. The molecular formula is C16H23Br. The molecule has 0 saturated heterocycles. The molecule has 0 nitrogen and oxygen atoms in total. The molecule has 1 fully saturated rings. The Balaban J connectivity index is 1.84. The number of hydrogen-bond donors (Lipinski definition) is 0. The molecule has 94 valence electrons. The molecule has 1 aliphatic carbocycles. The Bertz CT molecular complexity index is 339. The van der Waals surface area contributed by atoms with Crippen LogP contribution in [-0.4, -0.2) is 4.83 Å². The largest absolute Gasteiger partial charge is 0.0887 e. The zero-order chi connectivity index (χ0) is 12.1. The van der Waals surface area contributed by atoms with Crippen molar-refractivity contribution in [1.29, 1.82) is 0 Å². The third kappa shape index (κ3) is 4.13. The average Bonchev–Trinajstić information content (AvgIpc) is 2.33. The van der Waals surface area contributed by atoms with Crippen molar-refractivity contribution in [3.63, 3.8) is 0 Å². The molecule has 1 saturated carbocycles. The third-order valence-corrected chi connectivity index (χ3v) is 4.71. The van der Waals surface area contributed by atoms with Crippen LogP contribution in [0.3, 0.4) is 0 Å². The van der Waals surface area contributed by atoms with Crippen LogP contribution in [0, 0.1) is 12.8 Å². The van der Waals surface area contributed by atoms with Gasteiger partial charge in [0.15, 0.2) is 0 Å². The lowest BCUT2D eigenvalue weighted by atomic mass is 9.85. The topological polar surface area (TPSA) is 0 Å². The average molecular weight is 295 g/mol. The molecule has 0 radical (unpaired) electrons. The van der Waals surface area contributed by atoms with E-state index in [0.29, 0.717) is 4.83 Å². The van der Waals surface area contributed by atoms with Crippen molar-refractivity contribution in [2.45, 2.75) is 56.7 Å². The molecule has 1 aromatic rings. The molecule has 1 heteroatoms. The highest BCUT2D eigenvalue weighted by molar-refractivity contribution is 9.09. The molecule has 0 aromatic heterocycles. The van der Waals surface area contributed by atoms with Crippen LogP contribution < -0.4 is 0 Å². The van der Waals surface area contributed by atoms with Gasteiger partial charge in [-0.2, -0.15) is 0 Å². The monoisotopic (exact) mass is 294 g/mol. The maximum absolute atomic E-state index is 3.88. The molecule has 0 aliphatic heterocycles. The van der Waals surface area contributed by atoms with Crippen LogP contribution in [0.15, 0.2) is 24.3 Å². The van der Waals surface area contributed by atoms with Gasteiger partial charge in [-0.3, -0.25) is 0 Å². The summed E-state index contributed by atoms with van der Waals surface area (Å²) in [4.78, 5) is 0.659. The number of aryl methyl sites for hydroxylation is 1. The van der Waals surface area contributed by atoms with Crippen molar-refractivity contribution >= 4 is 15.9 Å². The molecule has 0 spiro atoms. The molecule has 1 aromatic carbocycles. The molecule has 1 aliphatic rings. The van der Waals surface area contributed by atoms with Gasteiger partial charge in [0, 0.05) is 4.83 Å². The predicted molar refractivity (Wildman–Crippen MR) is 78.8 cm³/mol. The van der Waals surface area contributed by atoms with E-state index in [4.69, 9.17) is 0 Å². The van der Waals surface area contributed by atoms with Crippen LogP contribution in [0.25, 0.3) is 0 Å². The Morgan fingerprint density at radius 1 is 1.18 bits per heavy atom. The van der Waals surface area contributed by atoms with Crippen LogP contribution in [0.5, 0.6) is 0 Å². The number of hydrogen-bond acceptors (Lipinski definition) is 0. The highest BCUT2D eigenvalue weighted by Crippen LogP contribution is 2.30. The first-order chi connectivity index (χ1) is 8.25. The summed E-state index contributed by atoms with van der Waals surface area (Å²) in [6, 6.07) is 8.77. The molecule has 0 bridgehead atoms. The summed E-state index contributed by atoms with van der Waals surface area (Å²) in [5.74, 6) is 0.970. The van der Waals surface area contributed by atoms with E-state index in [1.807, 2.05) is 0 Å². The minimum absolute atomic E-state index is 0.659. The molecule has 17 heavy (non-hydrogen) atoms. The normalized spacial score (nSPS) is 19.2. The van der Waals surface area contributed by atoms with E-state index in [-0.39, 0.29) is 0 Å². The molecule has 0 N–H and O–H groups in total. The van der Waals surface area contributed by atoms with Gasteiger partial charge in [0.2, 0.25) is 0 Å². The fourth-order valence-corrected chi connectivity index (χ4v) is 3.82. The smallest absolute Gasteiger partial charge is 0.0188 e. The Morgan fingerprint density at radius 2 is 1.88 bits per heavy atom. The molecule has 2 rings (SSSR count). The number of benzene rings is 1. The van der Waals surface area contributed by atoms with Crippen molar-refractivity contribution in [1.82, 2.24) is 0 Å². The van der Waals surface area contributed by atoms with Gasteiger partial charge in [-0.25, -0.2) is 0 Å². The van der Waals surface area contributed by atoms with Crippen LogP contribution >= 0.6 is 15.9 Å². The minimum atomic E-state index is 0.659. The van der Waals surface area contributed by atoms with Crippen LogP contribution in [0.1, 0.15) is 49.7 Å². The lowest BCUT2D eigenvalue weighted by molar-refractivity contribution is 0.337. The van der Waals surface area contributed by atoms with Crippen molar-refractivity contribution in [3.8, 4) is 0 Å². The zero-order valence-corrected chi connectivity index (χ0v) is 12.4. The van der Waals surface area contributed by atoms with Gasteiger partial charge in [-0.1, -0.05) is 72.3 Å². The number of alkyl halides is 1. The maximum atomic E-state index is 3.88. The Kier molecular flexibility index (Phi) is 5.09. The first-order valence-electron chi connectivity index (χ1n) is 6.94. The zero-order valence-electron chi connectivity index (χ0n) is 10.8. The van der Waals surface area contributed by atoms with E-state index in [2.05, 4.69) is 47.1 Å². The van der Waals surface area contributed by atoms with Crippen LogP contribution in [0.4, 0.5) is 0 Å². The van der Waals surface area contributed by atoms with Gasteiger partial charge in [-0.05, 0) is 36.8 Å². The Morgan fingerprint density at radius 3 is 2.59 bits per heavy atom. The highest BCUT2D eigenvalue weighted by Gasteiger charge is 2.17. The van der Waals surface area contributed by atoms with E-state index in [9.17, 15) is 0 Å². The molecule has 0 amide bonds. The molecule has 0 heterocycles. The van der Waals surface area contributed by atoms with Crippen molar-refractivity contribution < 1.29 is 0 Å². The number of rotatable bonds is 4. The van der Waals surface area contributed by atoms with Gasteiger partial charge in [-0.15, -0.1) is 0 Å². The second kappa shape index (κ2) is 6.58. The quantitative estimate of drug-likeness (QED) is 0.664. The van der Waals surface area contributed by atoms with E-state index in [1.54, 1.807) is 0 Å². The molecule has 1 unspecified atom stereocenters. The Hall–Kier alpha value is -0.300. The summed E-state index contributed by atoms with van der Waals surface area (Å²) in [6.45, 7) is 2.22. The summed E-state index contributed by atoms with van der Waals surface area (Å²) in [5.41, 5.74) is 2.94. The summed E-state index contributed by atoms with van der Waals surface area (Å²) < 4.78 is 0. The second-order valence-electron chi connectivity index (χ2n) is 5.47. The second-order valence-corrected chi connectivity index (χ2v) is 6.76. The fourth-order valence-electron chi connectivity index (χ4n) is 2.95. The predicted octanol–water partition coefficient (Wildman–Crippen LogP) is 5.27. The highest BCUT2D eigenvalue weighted by atomic mass is 79.9. The summed E-state index contributed by atoms with van der Waals surface area (Å²) in [7, 11) is 0. The molecule has 1 atom stereocenters. The van der Waals surface area contributed by atoms with Crippen molar-refractivity contribution in [2.75, 3.05) is 0 Å². The summed E-state index contributed by atoms with van der Waals surface area (Å²) in [6.07, 6.45) is 9.81. The summed E-state index contributed by atoms with van der Waals surface area (Å²) in [5, 5.41) is 0. The van der Waals surface area contributed by atoms with E-state index < -0.39 is 0 Å². The first kappa shape index (κ1) is 13.1. The van der Waals surface area contributed by atoms with Crippen molar-refractivity contribution in [2.24, 2.45) is 5.92 Å². The van der Waals surface area contributed by atoms with Gasteiger partial charge in [0.25, 0.3) is 0 Å². The first-order valence-corrected chi connectivity index (χ1v) is 7.86. The van der Waals surface area contributed by atoms with E-state index in [1.165, 1.54) is 56.1 Å².